The Bertz CT molecular complexity index is 5520. The summed E-state index contributed by atoms with van der Waals surface area (Å²) in [6.45, 7) is 6.53. The molecular weight excluding hydrogens is 1330 g/mol. The molecule has 0 saturated carbocycles. The number of aromatic nitrogens is 3. The number of hydrogen-bond donors (Lipinski definition) is 1. The fraction of sp³-hybridized carbons (Fsp3) is 0.129. The van der Waals surface area contributed by atoms with Gasteiger partial charge in [0.2, 0.25) is 22.5 Å². The summed E-state index contributed by atoms with van der Waals surface area (Å²) in [5, 5.41) is 13.1. The van der Waals surface area contributed by atoms with Crippen LogP contribution in [-0.4, -0.2) is 73.2 Å². The molecule has 13 aromatic rings. The number of fused-ring (bicyclic) bond motifs is 9. The highest BCUT2D eigenvalue weighted by Crippen LogP contribution is 2.49. The van der Waals surface area contributed by atoms with Crippen molar-refractivity contribution in [3.63, 3.8) is 0 Å². The molecule has 0 saturated heterocycles. The van der Waals surface area contributed by atoms with Crippen LogP contribution in [0.1, 0.15) is 69.0 Å². The molecule has 0 spiro atoms. The number of pyridine rings is 3. The number of nitrogens with zero attached hydrogens (tertiary/aromatic N) is 7. The van der Waals surface area contributed by atoms with Gasteiger partial charge < -0.3 is 34.2 Å². The van der Waals surface area contributed by atoms with E-state index in [1.165, 1.54) is 27.8 Å². The summed E-state index contributed by atoms with van der Waals surface area (Å²) in [5.74, 6) is -1.68. The molecule has 107 heavy (non-hydrogen) atoms. The number of benzene rings is 10. The number of rotatable bonds is 17. The van der Waals surface area contributed by atoms with Crippen molar-refractivity contribution in [3.05, 3.63) is 354 Å². The largest absolute Gasteiger partial charge is 0.480 e. The van der Waals surface area contributed by atoms with Gasteiger partial charge in [0, 0.05) is 110 Å². The molecule has 0 bridgehead atoms. The van der Waals surface area contributed by atoms with Crippen LogP contribution in [0.25, 0.3) is 67.7 Å². The predicted octanol–water partition coefficient (Wildman–Crippen LogP) is 16.9. The number of carbonyl (C=O) groups excluding carboxylic acids is 3. The Hall–Kier alpha value is -13.3. The van der Waals surface area contributed by atoms with Gasteiger partial charge in [0.05, 0.1) is 16.2 Å². The van der Waals surface area contributed by atoms with E-state index in [-0.39, 0.29) is 51.3 Å². The SMILES string of the molecule is C=CCOC(=O)CN(CCC)C(=O)CN1c2ccccc2C(=Cc2cc[n+](C)c3ccccc23)c2ccccc21.C[n+]1ccc(C=C2c3ccccc3N(CC(=O)O)c3ccccc32)c2ccccc21.C[n+]1ccc(C=C2c3ccccc3N(CC(=O)OCc3ccccc3)c3ccccc32)c2ccccc21. The Labute approximate surface area is 623 Å². The molecule has 0 atom stereocenters. The molecule has 3 aliphatic heterocycles. The first kappa shape index (κ1) is 70.7. The Balaban J connectivity index is 0.000000136. The average Bonchev–Trinajstić information content (AvgIpc) is 0.758. The first-order valence-electron chi connectivity index (χ1n) is 36.0. The van der Waals surface area contributed by atoms with Gasteiger partial charge in [0.15, 0.2) is 18.6 Å². The van der Waals surface area contributed by atoms with E-state index in [9.17, 15) is 24.3 Å². The minimum Gasteiger partial charge on any atom is -0.480 e. The fourth-order valence-electron chi connectivity index (χ4n) is 14.6. The van der Waals surface area contributed by atoms with Gasteiger partial charge in [0.1, 0.15) is 60.5 Å². The van der Waals surface area contributed by atoms with Crippen molar-refractivity contribution in [2.45, 2.75) is 20.0 Å². The third kappa shape index (κ3) is 15.1. The van der Waals surface area contributed by atoms with Gasteiger partial charge in [0.25, 0.3) is 0 Å². The number of carboxylic acids is 1. The molecule has 0 unspecified atom stereocenters. The van der Waals surface area contributed by atoms with Crippen molar-refractivity contribution in [2.24, 2.45) is 21.1 Å². The molecule has 16 rings (SSSR count). The molecule has 6 heterocycles. The maximum Gasteiger partial charge on any atom is 0.326 e. The van der Waals surface area contributed by atoms with E-state index < -0.39 is 11.9 Å². The van der Waals surface area contributed by atoms with E-state index in [0.717, 1.165) is 124 Å². The lowest BCUT2D eigenvalue weighted by molar-refractivity contribution is -0.645. The van der Waals surface area contributed by atoms with Gasteiger partial charge in [-0.15, -0.1) is 0 Å². The molecule has 0 fully saturated rings. The quantitative estimate of drug-likeness (QED) is 0.0534. The maximum absolute atomic E-state index is 13.6. The second-order valence-electron chi connectivity index (χ2n) is 26.6. The van der Waals surface area contributed by atoms with Gasteiger partial charge in [-0.1, -0.05) is 196 Å². The van der Waals surface area contributed by atoms with Gasteiger partial charge in [-0.3, -0.25) is 19.2 Å². The fourth-order valence-corrected chi connectivity index (χ4v) is 14.6. The van der Waals surface area contributed by atoms with Gasteiger partial charge in [-0.05, 0) is 118 Å². The third-order valence-corrected chi connectivity index (χ3v) is 19.7. The van der Waals surface area contributed by atoms with Crippen LogP contribution in [0.2, 0.25) is 0 Å². The van der Waals surface area contributed by atoms with E-state index in [2.05, 4.69) is 239 Å². The summed E-state index contributed by atoms with van der Waals surface area (Å²) in [6.07, 6.45) is 15.3. The van der Waals surface area contributed by atoms with Crippen molar-refractivity contribution < 1.29 is 47.5 Å². The van der Waals surface area contributed by atoms with Crippen LogP contribution in [-0.2, 0) is 56.4 Å². The van der Waals surface area contributed by atoms with Crippen molar-refractivity contribution in [3.8, 4) is 0 Å². The summed E-state index contributed by atoms with van der Waals surface area (Å²) in [5.41, 5.74) is 23.3. The van der Waals surface area contributed by atoms with E-state index in [4.69, 9.17) is 9.47 Å². The number of ether oxygens (including phenoxy) is 2. The van der Waals surface area contributed by atoms with E-state index >= 15 is 0 Å². The molecule has 10 aromatic carbocycles. The van der Waals surface area contributed by atoms with E-state index in [0.29, 0.717) is 6.54 Å². The van der Waals surface area contributed by atoms with Crippen LogP contribution in [0.15, 0.2) is 298 Å². The number of esters is 2. The molecule has 0 radical (unpaired) electrons. The van der Waals surface area contributed by atoms with Gasteiger partial charge in [-0.2, -0.15) is 0 Å². The monoisotopic (exact) mass is 1410 g/mol. The zero-order valence-electron chi connectivity index (χ0n) is 60.3. The summed E-state index contributed by atoms with van der Waals surface area (Å²) in [4.78, 5) is 58.1. The van der Waals surface area contributed by atoms with Crippen molar-refractivity contribution in [1.29, 1.82) is 0 Å². The number of aryl methyl sites for hydroxylation is 3. The molecule has 3 aliphatic rings. The minimum absolute atomic E-state index is 0.0780. The second kappa shape index (κ2) is 32.1. The highest BCUT2D eigenvalue weighted by Gasteiger charge is 2.33. The third-order valence-electron chi connectivity index (χ3n) is 19.7. The maximum atomic E-state index is 13.6. The molecule has 0 aliphatic carbocycles. The normalized spacial score (nSPS) is 12.1. The van der Waals surface area contributed by atoms with Crippen LogP contribution < -0.4 is 28.4 Å². The smallest absolute Gasteiger partial charge is 0.326 e. The summed E-state index contributed by atoms with van der Waals surface area (Å²) in [7, 11) is 6.17. The number of carbonyl (C=O) groups is 4. The average molecular weight is 1410 g/mol. The summed E-state index contributed by atoms with van der Waals surface area (Å²) >= 11 is 0. The number of carboxylic acid groups (broad SMARTS) is 1. The van der Waals surface area contributed by atoms with Crippen LogP contribution in [0, 0.1) is 0 Å². The zero-order chi connectivity index (χ0) is 73.9. The van der Waals surface area contributed by atoms with Crippen LogP contribution in [0.5, 0.6) is 0 Å². The molecule has 14 heteroatoms. The Morgan fingerprint density at radius 1 is 0.402 bits per heavy atom. The first-order valence-corrected chi connectivity index (χ1v) is 36.0. The molecule has 1 N–H and O–H groups in total. The lowest BCUT2D eigenvalue weighted by atomic mass is 9.88. The lowest BCUT2D eigenvalue weighted by Gasteiger charge is -2.35. The van der Waals surface area contributed by atoms with E-state index in [1.54, 1.807) is 4.90 Å². The second-order valence-corrected chi connectivity index (χ2v) is 26.6. The highest BCUT2D eigenvalue weighted by molar-refractivity contribution is 6.10. The van der Waals surface area contributed by atoms with Crippen molar-refractivity contribution in [2.75, 3.05) is 54.0 Å². The van der Waals surface area contributed by atoms with Crippen molar-refractivity contribution >= 4 is 126 Å². The number of aliphatic carboxylic acids is 1. The molecule has 528 valence electrons. The topological polar surface area (TPSA) is 132 Å². The minimum atomic E-state index is -0.853. The van der Waals surface area contributed by atoms with Crippen LogP contribution in [0.4, 0.5) is 34.1 Å². The lowest BCUT2D eigenvalue weighted by Crippen LogP contribution is -2.43. The molecule has 14 nitrogen and oxygen atoms in total. The Morgan fingerprint density at radius 3 is 1.08 bits per heavy atom. The molecule has 1 amide bonds. The summed E-state index contributed by atoms with van der Waals surface area (Å²) in [6, 6.07) is 90.4. The predicted molar refractivity (Wildman–Crippen MR) is 428 cm³/mol. The van der Waals surface area contributed by atoms with Gasteiger partial charge >= 0.3 is 17.9 Å². The van der Waals surface area contributed by atoms with E-state index in [1.807, 2.05) is 128 Å². The van der Waals surface area contributed by atoms with Gasteiger partial charge in [-0.25, -0.2) is 13.7 Å². The number of amides is 1. The Kier molecular flexibility index (Phi) is 21.2. The number of anilines is 6. The first-order chi connectivity index (χ1) is 52.3. The highest BCUT2D eigenvalue weighted by atomic mass is 16.5. The standard InChI is InChI=1S/C34H34N3O3.C33H27N2O2.C26H20N2O2/c1-4-19-36(24-34(39)40-21-5-2)33(38)23-37-31-16-10-7-13-27(31)29(28-14-8-11-17-32(28)37)22-25-18-20-35(3)30-15-9-6-12-26(25)30;1-34-20-19-25(26-13-5-8-16-30(26)34)21-29-27-14-6-9-17-31(27)35(32-18-10-7-15-28(29)32)22-33(36)37-23-24-11-3-2-4-12-24;1-27-15-14-18(19-8-2-5-11-23(19)27)16-22-20-9-3-6-12-24(20)28(17-26(29)30)25-13-7-4-10-21(22)25/h5-18,20,22H,2,4,19,21,23-24H2,1,3H3;2-21H,22-23H2,1H3;2-16H,17H2,1H3/q2*+1;/p+1. The van der Waals surface area contributed by atoms with Crippen LogP contribution in [0.3, 0.4) is 0 Å². The van der Waals surface area contributed by atoms with Crippen molar-refractivity contribution in [1.82, 2.24) is 4.90 Å². The zero-order valence-corrected chi connectivity index (χ0v) is 60.3. The molecule has 3 aromatic heterocycles. The number of para-hydroxylation sites is 9. The molecular formula is C93H82N7O7+3. The number of hydrogen-bond acceptors (Lipinski definition) is 9. The van der Waals surface area contributed by atoms with Crippen LogP contribution >= 0.6 is 0 Å². The summed E-state index contributed by atoms with van der Waals surface area (Å²) < 4.78 is 17.2. The Morgan fingerprint density at radius 2 is 0.729 bits per heavy atom.